The van der Waals surface area contributed by atoms with Gasteiger partial charge in [-0.1, -0.05) is 29.3 Å². The largest absolute Gasteiger partial charge is 0.338 e. The number of rotatable bonds is 3. The third-order valence-corrected chi connectivity index (χ3v) is 9.05. The van der Waals surface area contributed by atoms with E-state index in [1.807, 2.05) is 24.3 Å². The second-order valence-corrected chi connectivity index (χ2v) is 11.6. The molecule has 1 N–H and O–H groups in total. The van der Waals surface area contributed by atoms with Gasteiger partial charge in [0.15, 0.2) is 12.1 Å². The van der Waals surface area contributed by atoms with Crippen molar-refractivity contribution in [2.75, 3.05) is 5.32 Å². The number of nitrogens with zero attached hydrogens (tertiary/aromatic N) is 5. The fraction of sp³-hybridized carbons (Fsp3) is 0.355. The first-order valence-electron chi connectivity index (χ1n) is 13.5. The van der Waals surface area contributed by atoms with Crippen molar-refractivity contribution in [1.29, 1.82) is 0 Å². The number of benzene rings is 2. The Kier molecular flexibility index (Phi) is 4.69. The average molecular weight is 501 g/mol. The summed E-state index contributed by atoms with van der Waals surface area (Å²) < 4.78 is 7.35. The van der Waals surface area contributed by atoms with Crippen LogP contribution in [0.15, 0.2) is 59.4 Å². The average Bonchev–Trinajstić information content (AvgIpc) is 3.56. The van der Waals surface area contributed by atoms with Crippen molar-refractivity contribution >= 4 is 33.4 Å². The summed E-state index contributed by atoms with van der Waals surface area (Å²) in [5, 5.41) is 8.32. The van der Waals surface area contributed by atoms with Crippen LogP contribution in [-0.4, -0.2) is 24.7 Å². The maximum Gasteiger partial charge on any atom is 0.302 e. The molecule has 5 aromatic rings. The lowest BCUT2D eigenvalue weighted by Crippen LogP contribution is -2.49. The zero-order valence-corrected chi connectivity index (χ0v) is 21.3. The predicted molar refractivity (Wildman–Crippen MR) is 146 cm³/mol. The Bertz CT molecular complexity index is 1700. The van der Waals surface area contributed by atoms with Crippen LogP contribution in [0.3, 0.4) is 0 Å². The molecule has 0 spiro atoms. The van der Waals surface area contributed by atoms with Crippen LogP contribution in [0.4, 0.5) is 11.5 Å². The first-order chi connectivity index (χ1) is 18.6. The molecule has 7 heteroatoms. The normalized spacial score (nSPS) is 25.6. The molecule has 188 valence electrons. The molecular formula is C31H28N6O. The first-order valence-corrected chi connectivity index (χ1v) is 13.5. The van der Waals surface area contributed by atoms with Crippen LogP contribution in [0.2, 0.25) is 0 Å². The molecule has 7 nitrogen and oxygen atoms in total. The second-order valence-electron chi connectivity index (χ2n) is 11.6. The molecular weight excluding hydrogens is 472 g/mol. The summed E-state index contributed by atoms with van der Waals surface area (Å²) in [5.41, 5.74) is 5.12. The second kappa shape index (κ2) is 8.16. The van der Waals surface area contributed by atoms with Gasteiger partial charge < -0.3 is 14.4 Å². The van der Waals surface area contributed by atoms with Gasteiger partial charge in [0, 0.05) is 35.0 Å². The summed E-state index contributed by atoms with van der Waals surface area (Å²) in [6.45, 7) is 0. The molecule has 4 fully saturated rings. The van der Waals surface area contributed by atoms with E-state index in [9.17, 15) is 0 Å². The molecule has 3 heterocycles. The Morgan fingerprint density at radius 1 is 0.921 bits per heavy atom. The molecule has 9 rings (SSSR count). The third-order valence-electron chi connectivity index (χ3n) is 9.05. The van der Waals surface area contributed by atoms with Crippen LogP contribution >= 0.6 is 0 Å². The van der Waals surface area contributed by atoms with Crippen molar-refractivity contribution in [3.05, 3.63) is 72.1 Å². The van der Waals surface area contributed by atoms with Crippen molar-refractivity contribution in [2.24, 2.45) is 24.8 Å². The zero-order valence-electron chi connectivity index (χ0n) is 21.3. The van der Waals surface area contributed by atoms with Crippen molar-refractivity contribution in [3.63, 3.8) is 0 Å². The summed E-state index contributed by atoms with van der Waals surface area (Å²) in [6, 6.07) is 16.4. The van der Waals surface area contributed by atoms with Gasteiger partial charge in [0.05, 0.1) is 11.0 Å². The minimum atomic E-state index is 0.208. The van der Waals surface area contributed by atoms with Gasteiger partial charge in [0.1, 0.15) is 11.3 Å². The standard InChI is InChI=1S/C31H28N6O/c1-37-28-24-4-2-3-5-25(24)35-29(34-23-9-6-19(7-10-23)8-11-26-32-18-33-38-26)27(28)36-30(37)31-15-20-12-21(16-31)14-22(13-20)17-31/h2-7,9-10,18,20-22H,12-17H2,1H3,(H,34,35). The van der Waals surface area contributed by atoms with Crippen LogP contribution in [0, 0.1) is 29.6 Å². The Morgan fingerprint density at radius 2 is 1.66 bits per heavy atom. The van der Waals surface area contributed by atoms with Gasteiger partial charge >= 0.3 is 5.89 Å². The minimum Gasteiger partial charge on any atom is -0.338 e. The molecule has 0 amide bonds. The highest BCUT2D eigenvalue weighted by Crippen LogP contribution is 2.60. The van der Waals surface area contributed by atoms with Crippen molar-refractivity contribution in [2.45, 2.75) is 43.9 Å². The Hall–Kier alpha value is -4.18. The summed E-state index contributed by atoms with van der Waals surface area (Å²) in [6.07, 6.45) is 9.49. The molecule has 4 aliphatic rings. The smallest absolute Gasteiger partial charge is 0.302 e. The number of hydrogen-bond acceptors (Lipinski definition) is 6. The highest BCUT2D eigenvalue weighted by atomic mass is 16.5. The Balaban J connectivity index is 1.21. The van der Waals surface area contributed by atoms with Gasteiger partial charge in [-0.05, 0) is 86.6 Å². The lowest BCUT2D eigenvalue weighted by Gasteiger charge is -2.56. The summed E-state index contributed by atoms with van der Waals surface area (Å²) in [7, 11) is 2.22. The van der Waals surface area contributed by atoms with E-state index in [-0.39, 0.29) is 5.41 Å². The van der Waals surface area contributed by atoms with E-state index in [4.69, 9.17) is 14.5 Å². The molecule has 0 unspecified atom stereocenters. The number of aromatic nitrogens is 5. The van der Waals surface area contributed by atoms with Gasteiger partial charge in [-0.2, -0.15) is 4.98 Å². The lowest BCUT2D eigenvalue weighted by molar-refractivity contribution is -0.0103. The number of para-hydroxylation sites is 1. The number of hydrogen-bond donors (Lipinski definition) is 1. The molecule has 0 aliphatic heterocycles. The van der Waals surface area contributed by atoms with Crippen LogP contribution in [-0.2, 0) is 12.5 Å². The Morgan fingerprint density at radius 3 is 2.37 bits per heavy atom. The van der Waals surface area contributed by atoms with Crippen LogP contribution in [0.25, 0.3) is 21.9 Å². The SMILES string of the molecule is Cn1c(C23CC4CC(CC(C4)C2)C3)nc2c(Nc3ccc(C#Cc4ncno4)cc3)nc3ccccc3c21. The predicted octanol–water partition coefficient (Wildman–Crippen LogP) is 6.12. The monoisotopic (exact) mass is 500 g/mol. The summed E-state index contributed by atoms with van der Waals surface area (Å²) in [5.74, 6) is 10.9. The zero-order chi connectivity index (χ0) is 25.3. The van der Waals surface area contributed by atoms with Gasteiger partial charge in [-0.15, -0.1) is 0 Å². The fourth-order valence-electron chi connectivity index (χ4n) is 7.99. The highest BCUT2D eigenvalue weighted by molar-refractivity contribution is 6.07. The quantitative estimate of drug-likeness (QED) is 0.301. The molecule has 4 aliphatic carbocycles. The number of anilines is 2. The maximum atomic E-state index is 5.42. The molecule has 0 atom stereocenters. The van der Waals surface area contributed by atoms with E-state index in [0.29, 0.717) is 5.89 Å². The Labute approximate surface area is 220 Å². The van der Waals surface area contributed by atoms with Gasteiger partial charge in [0.2, 0.25) is 0 Å². The van der Waals surface area contributed by atoms with E-state index < -0.39 is 0 Å². The molecule has 0 radical (unpaired) electrons. The molecule has 4 bridgehead atoms. The van der Waals surface area contributed by atoms with E-state index in [0.717, 1.165) is 51.2 Å². The van der Waals surface area contributed by atoms with Gasteiger partial charge in [0.25, 0.3) is 0 Å². The van der Waals surface area contributed by atoms with Crippen LogP contribution in [0.5, 0.6) is 0 Å². The summed E-state index contributed by atoms with van der Waals surface area (Å²) >= 11 is 0. The van der Waals surface area contributed by atoms with Gasteiger partial charge in [-0.3, -0.25) is 0 Å². The van der Waals surface area contributed by atoms with E-state index in [1.54, 1.807) is 0 Å². The molecule has 4 saturated carbocycles. The maximum absolute atomic E-state index is 5.42. The molecule has 0 saturated heterocycles. The topological polar surface area (TPSA) is 81.7 Å². The first kappa shape index (κ1) is 21.9. The summed E-state index contributed by atoms with van der Waals surface area (Å²) in [4.78, 5) is 14.4. The number of nitrogens with one attached hydrogen (secondary N) is 1. The number of pyridine rings is 1. The number of aryl methyl sites for hydroxylation is 1. The number of fused-ring (bicyclic) bond motifs is 3. The van der Waals surface area contributed by atoms with Crippen molar-refractivity contribution in [1.82, 2.24) is 24.7 Å². The lowest BCUT2D eigenvalue weighted by atomic mass is 9.49. The van der Waals surface area contributed by atoms with Crippen LogP contribution < -0.4 is 5.32 Å². The third kappa shape index (κ3) is 3.43. The van der Waals surface area contributed by atoms with Gasteiger partial charge in [-0.25, -0.2) is 9.97 Å². The molecule has 38 heavy (non-hydrogen) atoms. The van der Waals surface area contributed by atoms with E-state index >= 15 is 0 Å². The number of imidazole rings is 1. The molecule has 2 aromatic carbocycles. The fourth-order valence-corrected chi connectivity index (χ4v) is 7.99. The van der Waals surface area contributed by atoms with E-state index in [2.05, 4.69) is 63.2 Å². The molecule has 3 aromatic heterocycles. The minimum absolute atomic E-state index is 0.208. The highest BCUT2D eigenvalue weighted by Gasteiger charge is 2.53. The van der Waals surface area contributed by atoms with Crippen molar-refractivity contribution in [3.8, 4) is 11.8 Å². The van der Waals surface area contributed by atoms with E-state index in [1.165, 1.54) is 56.2 Å². The van der Waals surface area contributed by atoms with Crippen LogP contribution in [0.1, 0.15) is 55.8 Å². The van der Waals surface area contributed by atoms with Crippen molar-refractivity contribution < 1.29 is 4.52 Å².